The number of hydrogen-bond donors (Lipinski definition) is 1. The number of hydrogen-bond acceptors (Lipinski definition) is 8. The molecular formula is C22H27N5O4S2. The van der Waals surface area contributed by atoms with Crippen LogP contribution in [0, 0.1) is 20.8 Å². The van der Waals surface area contributed by atoms with Crippen molar-refractivity contribution in [2.24, 2.45) is 12.0 Å². The van der Waals surface area contributed by atoms with Crippen molar-refractivity contribution >= 4 is 57.1 Å². The van der Waals surface area contributed by atoms with Crippen LogP contribution < -0.4 is 5.32 Å². The van der Waals surface area contributed by atoms with Crippen molar-refractivity contribution in [2.75, 3.05) is 24.2 Å². The van der Waals surface area contributed by atoms with Crippen molar-refractivity contribution in [3.05, 3.63) is 39.2 Å². The van der Waals surface area contributed by atoms with Gasteiger partial charge in [-0.2, -0.15) is 5.10 Å². The molecule has 2 aromatic rings. The standard InChI is InChI=1S/C22H27N5O4S2/c1-7-27-20(29)16(9-15-10-23-26(6)13(15)4)24-22(27)32-11-17(28)25-19-18(21(30)31-8-2)12(3)14(5)33-19/h9-10H,7-8,11H2,1-6H3,(H,25,28)/b16-9+. The van der Waals surface area contributed by atoms with E-state index in [1.54, 1.807) is 28.8 Å². The molecule has 1 aliphatic heterocycles. The maximum atomic E-state index is 12.8. The molecule has 0 aliphatic carbocycles. The van der Waals surface area contributed by atoms with Crippen LogP contribution in [-0.2, 0) is 21.4 Å². The number of nitrogens with zero attached hydrogens (tertiary/aromatic N) is 4. The Morgan fingerprint density at radius 2 is 2.00 bits per heavy atom. The number of rotatable bonds is 7. The van der Waals surface area contributed by atoms with Gasteiger partial charge in [-0.3, -0.25) is 19.2 Å². The number of carbonyl (C=O) groups is 3. The predicted molar refractivity (Wildman–Crippen MR) is 132 cm³/mol. The Hall–Kier alpha value is -2.92. The fourth-order valence-electron chi connectivity index (χ4n) is 3.18. The third-order valence-electron chi connectivity index (χ3n) is 5.24. The van der Waals surface area contributed by atoms with E-state index < -0.39 is 5.97 Å². The van der Waals surface area contributed by atoms with Gasteiger partial charge in [-0.05, 0) is 46.3 Å². The molecule has 0 saturated heterocycles. The maximum Gasteiger partial charge on any atom is 0.341 e. The molecule has 0 spiro atoms. The summed E-state index contributed by atoms with van der Waals surface area (Å²) in [6, 6.07) is 0. The van der Waals surface area contributed by atoms with Gasteiger partial charge >= 0.3 is 5.97 Å². The zero-order chi connectivity index (χ0) is 24.3. The fraction of sp³-hybridized carbons (Fsp3) is 0.409. The number of amides is 2. The topological polar surface area (TPSA) is 106 Å². The molecule has 33 heavy (non-hydrogen) atoms. The molecule has 2 amide bonds. The number of esters is 1. The molecule has 0 radical (unpaired) electrons. The Balaban J connectivity index is 1.73. The molecule has 3 heterocycles. The minimum absolute atomic E-state index is 0.0417. The van der Waals surface area contributed by atoms with Gasteiger partial charge in [-0.15, -0.1) is 11.3 Å². The van der Waals surface area contributed by atoms with Crippen molar-refractivity contribution in [3.63, 3.8) is 0 Å². The lowest BCUT2D eigenvalue weighted by Crippen LogP contribution is -2.31. The van der Waals surface area contributed by atoms with E-state index in [1.807, 2.05) is 34.7 Å². The molecule has 2 aromatic heterocycles. The summed E-state index contributed by atoms with van der Waals surface area (Å²) in [7, 11) is 1.83. The first-order chi connectivity index (χ1) is 15.7. The van der Waals surface area contributed by atoms with Crippen LogP contribution in [0.4, 0.5) is 5.00 Å². The highest BCUT2D eigenvalue weighted by molar-refractivity contribution is 8.14. The van der Waals surface area contributed by atoms with E-state index in [9.17, 15) is 14.4 Å². The lowest BCUT2D eigenvalue weighted by Gasteiger charge is -2.14. The van der Waals surface area contributed by atoms with E-state index in [4.69, 9.17) is 4.74 Å². The Morgan fingerprint density at radius 1 is 1.27 bits per heavy atom. The summed E-state index contributed by atoms with van der Waals surface area (Å²) >= 11 is 2.52. The average Bonchev–Trinajstić information content (AvgIpc) is 3.35. The Labute approximate surface area is 200 Å². The molecule has 1 aliphatic rings. The number of thioether (sulfide) groups is 1. The number of aliphatic imine (C=N–C) groups is 1. The Kier molecular flexibility index (Phi) is 7.75. The third-order valence-corrected chi connectivity index (χ3v) is 7.34. The second-order valence-corrected chi connectivity index (χ2v) is 9.49. The molecular weight excluding hydrogens is 462 g/mol. The Bertz CT molecular complexity index is 1160. The molecule has 0 unspecified atom stereocenters. The van der Waals surface area contributed by atoms with Crippen LogP contribution in [0.2, 0.25) is 0 Å². The number of anilines is 1. The van der Waals surface area contributed by atoms with Crippen molar-refractivity contribution in [2.45, 2.75) is 34.6 Å². The van der Waals surface area contributed by atoms with Crippen LogP contribution in [0.25, 0.3) is 6.08 Å². The van der Waals surface area contributed by atoms with Crippen molar-refractivity contribution in [1.82, 2.24) is 14.7 Å². The molecule has 0 saturated carbocycles. The van der Waals surface area contributed by atoms with Gasteiger partial charge in [0.05, 0.1) is 24.1 Å². The zero-order valence-electron chi connectivity index (χ0n) is 19.5. The summed E-state index contributed by atoms with van der Waals surface area (Å²) < 4.78 is 6.86. The lowest BCUT2D eigenvalue weighted by atomic mass is 10.1. The number of likely N-dealkylation sites (N-methyl/N-ethyl adjacent to an activating group) is 1. The van der Waals surface area contributed by atoms with E-state index in [1.165, 1.54) is 23.1 Å². The van der Waals surface area contributed by atoms with Crippen LogP contribution in [0.1, 0.15) is 45.9 Å². The van der Waals surface area contributed by atoms with Gasteiger partial charge in [0.25, 0.3) is 5.91 Å². The highest BCUT2D eigenvalue weighted by atomic mass is 32.2. The van der Waals surface area contributed by atoms with Crippen LogP contribution in [0.5, 0.6) is 0 Å². The monoisotopic (exact) mass is 489 g/mol. The Morgan fingerprint density at radius 3 is 2.61 bits per heavy atom. The molecule has 11 heteroatoms. The molecule has 176 valence electrons. The largest absolute Gasteiger partial charge is 0.462 e. The van der Waals surface area contributed by atoms with E-state index in [0.717, 1.165) is 21.7 Å². The number of nitrogens with one attached hydrogen (secondary N) is 1. The van der Waals surface area contributed by atoms with Gasteiger partial charge in [0.15, 0.2) is 5.17 Å². The first-order valence-corrected chi connectivity index (χ1v) is 12.3. The summed E-state index contributed by atoms with van der Waals surface area (Å²) in [6.07, 6.45) is 3.40. The highest BCUT2D eigenvalue weighted by Gasteiger charge is 2.30. The summed E-state index contributed by atoms with van der Waals surface area (Å²) in [4.78, 5) is 44.7. The minimum atomic E-state index is -0.453. The van der Waals surface area contributed by atoms with Gasteiger partial charge in [-0.25, -0.2) is 9.79 Å². The molecule has 9 nitrogen and oxygen atoms in total. The summed E-state index contributed by atoms with van der Waals surface area (Å²) in [6.45, 7) is 9.93. The lowest BCUT2D eigenvalue weighted by molar-refractivity contribution is -0.122. The van der Waals surface area contributed by atoms with Crippen LogP contribution in [-0.4, -0.2) is 56.5 Å². The van der Waals surface area contributed by atoms with Crippen molar-refractivity contribution < 1.29 is 19.1 Å². The predicted octanol–water partition coefficient (Wildman–Crippen LogP) is 3.51. The maximum absolute atomic E-state index is 12.8. The van der Waals surface area contributed by atoms with Gasteiger partial charge < -0.3 is 10.1 Å². The molecule has 0 bridgehead atoms. The van der Waals surface area contributed by atoms with Crippen molar-refractivity contribution in [1.29, 1.82) is 0 Å². The second kappa shape index (κ2) is 10.3. The molecule has 1 N–H and O–H groups in total. The minimum Gasteiger partial charge on any atom is -0.462 e. The molecule has 3 rings (SSSR count). The third kappa shape index (κ3) is 5.19. The fourth-order valence-corrected chi connectivity index (χ4v) is 5.11. The van der Waals surface area contributed by atoms with E-state index >= 15 is 0 Å². The number of carbonyl (C=O) groups excluding carboxylic acids is 3. The summed E-state index contributed by atoms with van der Waals surface area (Å²) in [5.41, 5.74) is 3.24. The number of ether oxygens (including phenoxy) is 1. The van der Waals surface area contributed by atoms with Crippen LogP contribution in [0.3, 0.4) is 0 Å². The van der Waals surface area contributed by atoms with Gasteiger partial charge in [0.2, 0.25) is 5.91 Å². The van der Waals surface area contributed by atoms with Crippen LogP contribution in [0.15, 0.2) is 16.9 Å². The number of amidine groups is 1. The summed E-state index contributed by atoms with van der Waals surface area (Å²) in [5, 5.41) is 7.94. The first-order valence-electron chi connectivity index (χ1n) is 10.5. The average molecular weight is 490 g/mol. The zero-order valence-corrected chi connectivity index (χ0v) is 21.1. The van der Waals surface area contributed by atoms with Gasteiger partial charge in [0, 0.05) is 29.7 Å². The second-order valence-electron chi connectivity index (χ2n) is 7.33. The molecule has 0 atom stereocenters. The smallest absolute Gasteiger partial charge is 0.341 e. The summed E-state index contributed by atoms with van der Waals surface area (Å²) in [5.74, 6) is -0.915. The molecule has 0 aromatic carbocycles. The van der Waals surface area contributed by atoms with E-state index in [-0.39, 0.29) is 24.2 Å². The SMILES string of the molecule is CCOC(=O)c1c(NC(=O)CSC2=N/C(=C/c3cnn(C)c3C)C(=O)N2CC)sc(C)c1C. The number of aromatic nitrogens is 2. The van der Waals surface area contributed by atoms with Gasteiger partial charge in [0.1, 0.15) is 10.7 Å². The van der Waals surface area contributed by atoms with Gasteiger partial charge in [-0.1, -0.05) is 11.8 Å². The normalized spacial score (nSPS) is 14.7. The number of thiophene rings is 1. The van der Waals surface area contributed by atoms with Crippen molar-refractivity contribution in [3.8, 4) is 0 Å². The number of aryl methyl sites for hydroxylation is 2. The highest BCUT2D eigenvalue weighted by Crippen LogP contribution is 2.33. The van der Waals surface area contributed by atoms with E-state index in [2.05, 4.69) is 15.4 Å². The molecule has 0 fully saturated rings. The first kappa shape index (κ1) is 24.7. The van der Waals surface area contributed by atoms with Crippen LogP contribution >= 0.6 is 23.1 Å². The van der Waals surface area contributed by atoms with E-state index in [0.29, 0.717) is 28.0 Å². The quantitative estimate of drug-likeness (QED) is 0.471.